The molecule has 1 aliphatic heterocycles. The SMILES string of the molecule is NC[C@@H]1CC[C@@H](NCC2CC(N)C2)[C@@H](OC2[C@H](O)C[C@H](NC(=O)[C@@H](O)CN)C[C@@H]2N)O1. The maximum absolute atomic E-state index is 11.9. The third kappa shape index (κ3) is 6.56. The molecule has 8 atom stereocenters. The van der Waals surface area contributed by atoms with E-state index in [-0.39, 0.29) is 31.2 Å². The molecule has 0 spiro atoms. The number of hydrogen-bond acceptors (Lipinski definition) is 10. The monoisotopic (exact) mass is 444 g/mol. The van der Waals surface area contributed by atoms with Crippen molar-refractivity contribution in [2.24, 2.45) is 28.9 Å². The molecule has 2 aliphatic carbocycles. The van der Waals surface area contributed by atoms with Gasteiger partial charge in [0.15, 0.2) is 6.29 Å². The Kier molecular flexibility index (Phi) is 9.02. The van der Waals surface area contributed by atoms with Gasteiger partial charge in [0.25, 0.3) is 0 Å². The number of amides is 1. The Morgan fingerprint density at radius 2 is 1.90 bits per heavy atom. The highest BCUT2D eigenvalue weighted by Crippen LogP contribution is 2.29. The van der Waals surface area contributed by atoms with Crippen LogP contribution in [-0.4, -0.2) is 90.6 Å². The number of hydrogen-bond donors (Lipinski definition) is 8. The predicted molar refractivity (Wildman–Crippen MR) is 115 cm³/mol. The molecule has 1 saturated heterocycles. The Balaban J connectivity index is 1.55. The highest BCUT2D eigenvalue weighted by Gasteiger charge is 2.41. The number of nitrogens with two attached hydrogens (primary N) is 4. The van der Waals surface area contributed by atoms with E-state index in [9.17, 15) is 15.0 Å². The van der Waals surface area contributed by atoms with Crippen LogP contribution in [0.4, 0.5) is 0 Å². The van der Waals surface area contributed by atoms with Gasteiger partial charge in [-0.25, -0.2) is 0 Å². The number of aliphatic hydroxyl groups is 2. The standard InChI is InChI=1S/C20H40N6O5/c21-7-13-1-2-15(25-9-10-3-11(23)4-10)20(30-13)31-18-14(24)5-12(6-16(18)27)26-19(29)17(28)8-22/h10-18,20,25,27-28H,1-9,21-24H2,(H,26,29)/t10?,11?,12-,13+,14+,15-,16-,17+,18?,20-/m1/s1. The molecule has 31 heavy (non-hydrogen) atoms. The van der Waals surface area contributed by atoms with Gasteiger partial charge in [-0.05, 0) is 51.0 Å². The summed E-state index contributed by atoms with van der Waals surface area (Å²) in [6.45, 7) is 1.09. The first-order valence-corrected chi connectivity index (χ1v) is 11.4. The van der Waals surface area contributed by atoms with Crippen molar-refractivity contribution in [3.63, 3.8) is 0 Å². The molecule has 0 radical (unpaired) electrons. The van der Waals surface area contributed by atoms with Crippen molar-refractivity contribution in [2.45, 2.75) is 93.4 Å². The second-order valence-electron chi connectivity index (χ2n) is 9.31. The molecule has 11 nitrogen and oxygen atoms in total. The molecule has 0 aromatic carbocycles. The maximum atomic E-state index is 11.9. The summed E-state index contributed by atoms with van der Waals surface area (Å²) >= 11 is 0. The zero-order valence-electron chi connectivity index (χ0n) is 18.1. The van der Waals surface area contributed by atoms with Gasteiger partial charge in [-0.1, -0.05) is 0 Å². The van der Waals surface area contributed by atoms with Crippen molar-refractivity contribution in [1.82, 2.24) is 10.6 Å². The molecular formula is C20H40N6O5. The number of ether oxygens (including phenoxy) is 2. The third-order valence-corrected chi connectivity index (χ3v) is 6.71. The molecule has 11 heteroatoms. The van der Waals surface area contributed by atoms with Crippen molar-refractivity contribution in [1.29, 1.82) is 0 Å². The molecule has 0 aromatic rings. The summed E-state index contributed by atoms with van der Waals surface area (Å²) in [5, 5.41) is 26.5. The van der Waals surface area contributed by atoms with Crippen LogP contribution in [0, 0.1) is 5.92 Å². The van der Waals surface area contributed by atoms with Crippen LogP contribution in [0.3, 0.4) is 0 Å². The van der Waals surface area contributed by atoms with E-state index in [4.69, 9.17) is 32.4 Å². The highest BCUT2D eigenvalue weighted by atomic mass is 16.7. The molecule has 1 amide bonds. The van der Waals surface area contributed by atoms with Gasteiger partial charge in [0, 0.05) is 31.2 Å². The van der Waals surface area contributed by atoms with E-state index < -0.39 is 36.6 Å². The fourth-order valence-corrected chi connectivity index (χ4v) is 4.76. The molecule has 12 N–H and O–H groups in total. The Morgan fingerprint density at radius 1 is 1.16 bits per heavy atom. The Morgan fingerprint density at radius 3 is 2.52 bits per heavy atom. The van der Waals surface area contributed by atoms with Gasteiger partial charge in [0.2, 0.25) is 5.91 Å². The second kappa shape index (κ2) is 11.3. The molecular weight excluding hydrogens is 404 g/mol. The molecule has 3 fully saturated rings. The minimum atomic E-state index is -1.27. The molecule has 1 unspecified atom stereocenters. The topological polar surface area (TPSA) is 204 Å². The lowest BCUT2D eigenvalue weighted by atomic mass is 9.81. The second-order valence-corrected chi connectivity index (χ2v) is 9.31. The number of rotatable bonds is 9. The fourth-order valence-electron chi connectivity index (χ4n) is 4.76. The van der Waals surface area contributed by atoms with Gasteiger partial charge in [-0.3, -0.25) is 4.79 Å². The maximum Gasteiger partial charge on any atom is 0.250 e. The number of carbonyl (C=O) groups is 1. The average Bonchev–Trinajstić information content (AvgIpc) is 2.72. The zero-order chi connectivity index (χ0) is 22.5. The minimum absolute atomic E-state index is 0.0175. The quantitative estimate of drug-likeness (QED) is 0.179. The lowest BCUT2D eigenvalue weighted by Gasteiger charge is -2.44. The van der Waals surface area contributed by atoms with Crippen molar-refractivity contribution in [3.8, 4) is 0 Å². The van der Waals surface area contributed by atoms with Crippen molar-refractivity contribution in [2.75, 3.05) is 19.6 Å². The van der Waals surface area contributed by atoms with Gasteiger partial charge >= 0.3 is 0 Å². The summed E-state index contributed by atoms with van der Waals surface area (Å²) in [6, 6.07) is -0.579. The number of carbonyl (C=O) groups excluding carboxylic acids is 1. The smallest absolute Gasteiger partial charge is 0.250 e. The first kappa shape index (κ1) is 24.7. The molecule has 0 aromatic heterocycles. The van der Waals surface area contributed by atoms with Crippen LogP contribution < -0.4 is 33.6 Å². The van der Waals surface area contributed by atoms with Crippen LogP contribution in [-0.2, 0) is 14.3 Å². The normalized spacial score (nSPS) is 41.9. The average molecular weight is 445 g/mol. The van der Waals surface area contributed by atoms with Crippen molar-refractivity contribution in [3.05, 3.63) is 0 Å². The summed E-state index contributed by atoms with van der Waals surface area (Å²) in [5.41, 5.74) is 23.3. The Bertz CT molecular complexity index is 568. The summed E-state index contributed by atoms with van der Waals surface area (Å²) in [6.07, 6.45) is 0.991. The van der Waals surface area contributed by atoms with E-state index in [0.717, 1.165) is 32.2 Å². The van der Waals surface area contributed by atoms with Crippen LogP contribution in [0.2, 0.25) is 0 Å². The van der Waals surface area contributed by atoms with E-state index in [2.05, 4.69) is 10.6 Å². The van der Waals surface area contributed by atoms with Crippen molar-refractivity contribution < 1.29 is 24.5 Å². The summed E-state index contributed by atoms with van der Waals surface area (Å²) in [5.74, 6) is 0.00583. The molecule has 2 saturated carbocycles. The Hall–Kier alpha value is -0.890. The van der Waals surface area contributed by atoms with E-state index in [0.29, 0.717) is 24.9 Å². The van der Waals surface area contributed by atoms with E-state index >= 15 is 0 Å². The molecule has 180 valence electrons. The van der Waals surface area contributed by atoms with Gasteiger partial charge < -0.3 is 53.3 Å². The van der Waals surface area contributed by atoms with Gasteiger partial charge in [0.05, 0.1) is 18.2 Å². The Labute approximate surface area is 183 Å². The molecule has 0 bridgehead atoms. The van der Waals surface area contributed by atoms with Crippen LogP contribution in [0.5, 0.6) is 0 Å². The molecule has 1 heterocycles. The first-order valence-electron chi connectivity index (χ1n) is 11.4. The lowest BCUT2D eigenvalue weighted by Crippen LogP contribution is -2.60. The van der Waals surface area contributed by atoms with Crippen LogP contribution >= 0.6 is 0 Å². The number of nitrogens with one attached hydrogen (secondary N) is 2. The van der Waals surface area contributed by atoms with Gasteiger partial charge in [-0.2, -0.15) is 0 Å². The van der Waals surface area contributed by atoms with E-state index in [1.165, 1.54) is 0 Å². The van der Waals surface area contributed by atoms with Crippen LogP contribution in [0.15, 0.2) is 0 Å². The van der Waals surface area contributed by atoms with Gasteiger partial charge in [0.1, 0.15) is 12.2 Å². The molecule has 3 rings (SSSR count). The summed E-state index contributed by atoms with van der Waals surface area (Å²) < 4.78 is 12.3. The van der Waals surface area contributed by atoms with Gasteiger partial charge in [-0.15, -0.1) is 0 Å². The minimum Gasteiger partial charge on any atom is -0.390 e. The van der Waals surface area contributed by atoms with E-state index in [1.807, 2.05) is 0 Å². The highest BCUT2D eigenvalue weighted by molar-refractivity contribution is 5.81. The van der Waals surface area contributed by atoms with Crippen LogP contribution in [0.1, 0.15) is 38.5 Å². The van der Waals surface area contributed by atoms with E-state index in [1.54, 1.807) is 0 Å². The summed E-state index contributed by atoms with van der Waals surface area (Å²) in [4.78, 5) is 11.9. The number of aliphatic hydroxyl groups excluding tert-OH is 2. The third-order valence-electron chi connectivity index (χ3n) is 6.71. The van der Waals surface area contributed by atoms with Crippen LogP contribution in [0.25, 0.3) is 0 Å². The zero-order valence-corrected chi connectivity index (χ0v) is 18.1. The lowest BCUT2D eigenvalue weighted by molar-refractivity contribution is -0.247. The predicted octanol–water partition coefficient (Wildman–Crippen LogP) is -3.18. The largest absolute Gasteiger partial charge is 0.390 e. The van der Waals surface area contributed by atoms with Crippen molar-refractivity contribution >= 4 is 5.91 Å². The fraction of sp³-hybridized carbons (Fsp3) is 0.950. The molecule has 3 aliphatic rings. The summed E-state index contributed by atoms with van der Waals surface area (Å²) in [7, 11) is 0. The first-order chi connectivity index (χ1) is 14.8.